The number of hydrogen-bond donors (Lipinski definition) is 4. The van der Waals surface area contributed by atoms with Gasteiger partial charge in [0, 0.05) is 44.1 Å². The average molecular weight is 393 g/mol. The van der Waals surface area contributed by atoms with Crippen LogP contribution in [0.25, 0.3) is 0 Å². The molecule has 5 N–H and O–H groups in total. The van der Waals surface area contributed by atoms with E-state index in [-0.39, 0.29) is 11.7 Å². The van der Waals surface area contributed by atoms with Crippen LogP contribution in [-0.2, 0) is 13.1 Å². The molecule has 1 atom stereocenters. The van der Waals surface area contributed by atoms with Gasteiger partial charge in [-0.2, -0.15) is 0 Å². The zero-order valence-electron chi connectivity index (χ0n) is 16.6. The standard InChI is InChI=1S/C22H28BN3O3/c24-12-15-2-1-3-17(10-15)16-6-8-26(9-7-16)22(27)18-4-5-20-19(11-18)13-25-14-21(20)23(28)29/h1-5,10-11,16,21,25,28-29H,6-9,12-14,24H2. The van der Waals surface area contributed by atoms with Crippen molar-refractivity contribution in [3.05, 3.63) is 70.3 Å². The number of nitrogens with zero attached hydrogens (tertiary/aromatic N) is 1. The van der Waals surface area contributed by atoms with Gasteiger partial charge in [-0.15, -0.1) is 0 Å². The van der Waals surface area contributed by atoms with Crippen LogP contribution >= 0.6 is 0 Å². The molecule has 2 aliphatic rings. The Hall–Kier alpha value is -2.19. The monoisotopic (exact) mass is 393 g/mol. The molecule has 1 unspecified atom stereocenters. The predicted octanol–water partition coefficient (Wildman–Crippen LogP) is 1.36. The number of piperidine rings is 1. The molecule has 7 heteroatoms. The first-order chi connectivity index (χ1) is 14.1. The van der Waals surface area contributed by atoms with Crippen LogP contribution in [0.4, 0.5) is 0 Å². The Labute approximate surface area is 171 Å². The third kappa shape index (κ3) is 4.23. The number of carbonyl (C=O) groups is 1. The molecule has 0 saturated carbocycles. The number of nitrogens with one attached hydrogen (secondary N) is 1. The van der Waals surface area contributed by atoms with E-state index >= 15 is 0 Å². The summed E-state index contributed by atoms with van der Waals surface area (Å²) in [4.78, 5) is 15.0. The van der Waals surface area contributed by atoms with Gasteiger partial charge < -0.3 is 26.0 Å². The van der Waals surface area contributed by atoms with Gasteiger partial charge >= 0.3 is 7.12 Å². The summed E-state index contributed by atoms with van der Waals surface area (Å²) in [7, 11) is -1.40. The Balaban J connectivity index is 1.43. The highest BCUT2D eigenvalue weighted by Crippen LogP contribution is 2.30. The molecular weight excluding hydrogens is 365 g/mol. The van der Waals surface area contributed by atoms with Crippen LogP contribution in [0.2, 0.25) is 0 Å². The van der Waals surface area contributed by atoms with Crippen LogP contribution < -0.4 is 11.1 Å². The zero-order chi connectivity index (χ0) is 20.4. The van der Waals surface area contributed by atoms with Gasteiger partial charge in [0.15, 0.2) is 0 Å². The summed E-state index contributed by atoms with van der Waals surface area (Å²) in [5.74, 6) is 0.154. The maximum Gasteiger partial charge on any atom is 0.460 e. The van der Waals surface area contributed by atoms with E-state index in [0.717, 1.165) is 42.6 Å². The van der Waals surface area contributed by atoms with Crippen molar-refractivity contribution in [2.24, 2.45) is 5.73 Å². The number of nitrogens with two attached hydrogens (primary N) is 1. The quantitative estimate of drug-likeness (QED) is 0.588. The van der Waals surface area contributed by atoms with E-state index in [4.69, 9.17) is 5.73 Å². The number of fused-ring (bicyclic) bond motifs is 1. The van der Waals surface area contributed by atoms with E-state index in [0.29, 0.717) is 31.1 Å². The lowest BCUT2D eigenvalue weighted by molar-refractivity contribution is 0.0713. The van der Waals surface area contributed by atoms with Crippen LogP contribution in [0.3, 0.4) is 0 Å². The molecule has 152 valence electrons. The van der Waals surface area contributed by atoms with Crippen LogP contribution in [0.5, 0.6) is 0 Å². The summed E-state index contributed by atoms with van der Waals surface area (Å²) in [5.41, 5.74) is 10.8. The predicted molar refractivity (Wildman–Crippen MR) is 113 cm³/mol. The fourth-order valence-electron chi connectivity index (χ4n) is 4.56. The lowest BCUT2D eigenvalue weighted by Gasteiger charge is -2.33. The first kappa shape index (κ1) is 20.1. The van der Waals surface area contributed by atoms with Crippen LogP contribution in [-0.4, -0.2) is 47.6 Å². The summed E-state index contributed by atoms with van der Waals surface area (Å²) < 4.78 is 0. The maximum absolute atomic E-state index is 13.0. The van der Waals surface area contributed by atoms with Gasteiger partial charge in [0.1, 0.15) is 0 Å². The molecule has 2 aromatic carbocycles. The first-order valence-electron chi connectivity index (χ1n) is 10.3. The molecule has 1 saturated heterocycles. The fraction of sp³-hybridized carbons (Fsp3) is 0.409. The van der Waals surface area contributed by atoms with Crippen LogP contribution in [0.15, 0.2) is 42.5 Å². The Morgan fingerprint density at radius 1 is 1.17 bits per heavy atom. The summed E-state index contributed by atoms with van der Waals surface area (Å²) in [6.45, 7) is 3.19. The average Bonchev–Trinajstić information content (AvgIpc) is 2.77. The van der Waals surface area contributed by atoms with Crippen LogP contribution in [0.1, 0.15) is 57.2 Å². The normalized spacial score (nSPS) is 19.7. The van der Waals surface area contributed by atoms with Crippen LogP contribution in [0, 0.1) is 0 Å². The molecule has 0 radical (unpaired) electrons. The summed E-state index contributed by atoms with van der Waals surface area (Å²) in [6, 6.07) is 14.0. The number of hydrogen-bond acceptors (Lipinski definition) is 5. The summed E-state index contributed by atoms with van der Waals surface area (Å²) >= 11 is 0. The SMILES string of the molecule is NCc1cccc(C2CCN(C(=O)c3ccc4c(c3)CNCC4B(O)O)CC2)c1. The molecule has 1 fully saturated rings. The van der Waals surface area contributed by atoms with E-state index in [2.05, 4.69) is 23.5 Å². The van der Waals surface area contributed by atoms with Crippen molar-refractivity contribution in [2.75, 3.05) is 19.6 Å². The van der Waals surface area contributed by atoms with E-state index in [1.54, 1.807) is 0 Å². The number of carbonyl (C=O) groups excluding carboxylic acids is 1. The third-order valence-electron chi connectivity index (χ3n) is 6.27. The van der Waals surface area contributed by atoms with Gasteiger partial charge in [0.25, 0.3) is 5.91 Å². The number of rotatable bonds is 4. The first-order valence-corrected chi connectivity index (χ1v) is 10.3. The van der Waals surface area contributed by atoms with E-state index in [1.807, 2.05) is 29.2 Å². The number of likely N-dealkylation sites (tertiary alicyclic amines) is 1. The van der Waals surface area contributed by atoms with Crippen molar-refractivity contribution >= 4 is 13.0 Å². The van der Waals surface area contributed by atoms with E-state index in [1.165, 1.54) is 5.56 Å². The minimum atomic E-state index is -1.40. The Bertz CT molecular complexity index is 881. The van der Waals surface area contributed by atoms with Gasteiger partial charge in [-0.3, -0.25) is 4.79 Å². The molecular formula is C22H28BN3O3. The van der Waals surface area contributed by atoms with Gasteiger partial charge in [0.05, 0.1) is 0 Å². The second-order valence-corrected chi connectivity index (χ2v) is 8.08. The summed E-state index contributed by atoms with van der Waals surface area (Å²) in [6.07, 6.45) is 1.90. The fourth-order valence-corrected chi connectivity index (χ4v) is 4.56. The molecule has 2 aromatic rings. The van der Waals surface area contributed by atoms with Crippen molar-refractivity contribution in [2.45, 2.75) is 37.7 Å². The molecule has 0 aliphatic carbocycles. The highest BCUT2D eigenvalue weighted by molar-refractivity contribution is 6.43. The second kappa shape index (κ2) is 8.67. The number of amides is 1. The highest BCUT2D eigenvalue weighted by Gasteiger charge is 2.31. The molecule has 0 aromatic heterocycles. The topological polar surface area (TPSA) is 98.8 Å². The molecule has 6 nitrogen and oxygen atoms in total. The van der Waals surface area contributed by atoms with Gasteiger partial charge in [-0.05, 0) is 53.1 Å². The lowest BCUT2D eigenvalue weighted by atomic mass is 9.66. The molecule has 2 aliphatic heterocycles. The smallest absolute Gasteiger partial charge is 0.427 e. The maximum atomic E-state index is 13.0. The van der Waals surface area contributed by atoms with Crippen molar-refractivity contribution in [1.82, 2.24) is 10.2 Å². The summed E-state index contributed by atoms with van der Waals surface area (Å²) in [5, 5.41) is 22.4. The Morgan fingerprint density at radius 2 is 1.97 bits per heavy atom. The van der Waals surface area contributed by atoms with E-state index in [9.17, 15) is 14.8 Å². The van der Waals surface area contributed by atoms with Gasteiger partial charge in [-0.25, -0.2) is 0 Å². The number of benzene rings is 2. The zero-order valence-corrected chi connectivity index (χ0v) is 16.6. The van der Waals surface area contributed by atoms with Crippen molar-refractivity contribution in [3.63, 3.8) is 0 Å². The molecule has 0 spiro atoms. The second-order valence-electron chi connectivity index (χ2n) is 8.08. The minimum Gasteiger partial charge on any atom is -0.427 e. The molecule has 1 amide bonds. The largest absolute Gasteiger partial charge is 0.460 e. The Morgan fingerprint density at radius 3 is 2.69 bits per heavy atom. The van der Waals surface area contributed by atoms with Crippen molar-refractivity contribution < 1.29 is 14.8 Å². The lowest BCUT2D eigenvalue weighted by Crippen LogP contribution is -2.39. The third-order valence-corrected chi connectivity index (χ3v) is 6.27. The molecule has 2 heterocycles. The minimum absolute atomic E-state index is 0.0497. The van der Waals surface area contributed by atoms with Gasteiger partial charge in [0.2, 0.25) is 0 Å². The Kier molecular flexibility index (Phi) is 6.01. The van der Waals surface area contributed by atoms with E-state index < -0.39 is 7.12 Å². The molecule has 29 heavy (non-hydrogen) atoms. The molecule has 4 rings (SSSR count). The van der Waals surface area contributed by atoms with Crippen molar-refractivity contribution in [3.8, 4) is 0 Å². The van der Waals surface area contributed by atoms with Crippen molar-refractivity contribution in [1.29, 1.82) is 0 Å². The van der Waals surface area contributed by atoms with Gasteiger partial charge in [-0.1, -0.05) is 30.3 Å². The highest BCUT2D eigenvalue weighted by atomic mass is 16.4. The molecule has 0 bridgehead atoms.